The van der Waals surface area contributed by atoms with E-state index >= 15 is 0 Å². The fourth-order valence-electron chi connectivity index (χ4n) is 7.55. The van der Waals surface area contributed by atoms with Crippen molar-refractivity contribution in [2.45, 2.75) is 105 Å². The first-order chi connectivity index (χ1) is 28.2. The molecule has 0 saturated carbocycles. The van der Waals surface area contributed by atoms with Gasteiger partial charge in [0.05, 0.1) is 53.0 Å². The molecule has 328 valence electrons. The summed E-state index contributed by atoms with van der Waals surface area (Å²) in [5.74, 6) is -8.63. The van der Waals surface area contributed by atoms with Crippen molar-refractivity contribution in [3.63, 3.8) is 0 Å². The summed E-state index contributed by atoms with van der Waals surface area (Å²) in [5, 5.41) is 68.4. The number of nitrogens with one attached hydrogen (secondary N) is 1. The van der Waals surface area contributed by atoms with E-state index in [4.69, 9.17) is 18.9 Å². The first-order valence-corrected chi connectivity index (χ1v) is 20.1. The van der Waals surface area contributed by atoms with Crippen molar-refractivity contribution in [1.82, 2.24) is 4.90 Å². The fraction of sp³-hybridized carbons (Fsp3) is 0.523. The molecule has 3 heterocycles. The van der Waals surface area contributed by atoms with Gasteiger partial charge in [0.25, 0.3) is 11.7 Å². The Balaban J connectivity index is 1.96. The van der Waals surface area contributed by atoms with Gasteiger partial charge in [-0.25, -0.2) is 0 Å². The molecular formula is C44H60N4O12. The second kappa shape index (κ2) is 19.7. The molecule has 16 nitrogen and oxygen atoms in total. The fourth-order valence-corrected chi connectivity index (χ4v) is 7.55. The number of hydrogen-bond donors (Lipinski definition) is 6. The van der Waals surface area contributed by atoms with E-state index in [0.717, 1.165) is 19.1 Å². The zero-order valence-corrected chi connectivity index (χ0v) is 36.2. The van der Waals surface area contributed by atoms with Gasteiger partial charge >= 0.3 is 11.8 Å². The quantitative estimate of drug-likeness (QED) is 0.0459. The lowest BCUT2D eigenvalue weighted by Crippen LogP contribution is -2.46. The first-order valence-electron chi connectivity index (χ1n) is 20.1. The molecule has 5 bridgehead atoms. The van der Waals surface area contributed by atoms with Crippen molar-refractivity contribution >= 4 is 46.7 Å². The maximum Gasteiger partial charge on any atom is 0.312 e. The van der Waals surface area contributed by atoms with E-state index in [1.165, 1.54) is 59.6 Å². The lowest BCUT2D eigenvalue weighted by molar-refractivity contribution is -0.160. The Morgan fingerprint density at radius 3 is 2.30 bits per heavy atom. The monoisotopic (exact) mass is 836 g/mol. The number of aliphatic hydroxyl groups is 2. The molecule has 2 aromatic rings. The molecule has 1 amide bonds. The van der Waals surface area contributed by atoms with E-state index in [2.05, 4.69) is 22.4 Å². The van der Waals surface area contributed by atoms with Gasteiger partial charge in [-0.05, 0) is 26.3 Å². The summed E-state index contributed by atoms with van der Waals surface area (Å²) in [7, 11) is 3.24. The van der Waals surface area contributed by atoms with Gasteiger partial charge in [-0.3, -0.25) is 14.4 Å². The number of carbonyl (C=O) groups excluding carboxylic acids is 3. The molecule has 16 heteroatoms. The highest BCUT2D eigenvalue weighted by molar-refractivity contribution is 6.23. The number of rotatable bonds is 8. The molecule has 0 unspecified atom stereocenters. The number of aliphatic hydroxyl groups excluding tert-OH is 2. The molecule has 0 fully saturated rings. The summed E-state index contributed by atoms with van der Waals surface area (Å²) >= 11 is 0. The number of ketones is 1. The number of unbranched alkanes of at least 4 members (excludes halogenated alkanes) is 1. The van der Waals surface area contributed by atoms with Gasteiger partial charge in [0.2, 0.25) is 0 Å². The van der Waals surface area contributed by atoms with Crippen LogP contribution >= 0.6 is 0 Å². The summed E-state index contributed by atoms with van der Waals surface area (Å²) in [4.78, 5) is 42.2. The molecule has 0 aliphatic carbocycles. The number of phenolic OH excluding ortho intramolecular Hbond substituents is 3. The Bertz CT molecular complexity index is 2090. The van der Waals surface area contributed by atoms with Crippen LogP contribution in [0.25, 0.3) is 10.8 Å². The highest BCUT2D eigenvalue weighted by Gasteiger charge is 2.50. The van der Waals surface area contributed by atoms with Crippen LogP contribution in [0.1, 0.15) is 89.7 Å². The van der Waals surface area contributed by atoms with E-state index in [-0.39, 0.29) is 44.5 Å². The van der Waals surface area contributed by atoms with Crippen molar-refractivity contribution in [1.29, 1.82) is 0 Å². The van der Waals surface area contributed by atoms with Crippen molar-refractivity contribution in [3.05, 3.63) is 52.8 Å². The third-order valence-electron chi connectivity index (χ3n) is 11.4. The van der Waals surface area contributed by atoms with Gasteiger partial charge in [-0.15, -0.1) is 5.10 Å². The topological polar surface area (TPSA) is 229 Å². The molecule has 3 aliphatic heterocycles. The van der Waals surface area contributed by atoms with Crippen LogP contribution in [-0.4, -0.2) is 112 Å². The second-order valence-corrected chi connectivity index (χ2v) is 15.9. The number of benzene rings is 2. The number of Topliss-reactive ketones (excluding diaryl/α,β-unsaturated/α-hetero) is 1. The van der Waals surface area contributed by atoms with Crippen LogP contribution in [0.15, 0.2) is 46.3 Å². The maximum absolute atomic E-state index is 14.4. The van der Waals surface area contributed by atoms with E-state index in [9.17, 15) is 39.9 Å². The molecule has 0 aromatic heterocycles. The number of ether oxygens (including phenoxy) is 4. The lowest BCUT2D eigenvalue weighted by atomic mass is 9.78. The van der Waals surface area contributed by atoms with Crippen LogP contribution in [-0.2, 0) is 23.8 Å². The number of esters is 1. The average Bonchev–Trinajstić information content (AvgIpc) is 3.47. The van der Waals surface area contributed by atoms with Crippen molar-refractivity contribution in [3.8, 4) is 23.0 Å². The van der Waals surface area contributed by atoms with Crippen molar-refractivity contribution in [2.24, 2.45) is 33.9 Å². The molecule has 9 atom stereocenters. The number of aromatic hydroxyl groups is 3. The number of phenols is 3. The predicted octanol–water partition coefficient (Wildman–Crippen LogP) is 5.85. The van der Waals surface area contributed by atoms with Gasteiger partial charge in [0.1, 0.15) is 29.7 Å². The highest BCUT2D eigenvalue weighted by Crippen LogP contribution is 2.55. The predicted molar refractivity (Wildman–Crippen MR) is 227 cm³/mol. The van der Waals surface area contributed by atoms with Crippen LogP contribution in [0.2, 0.25) is 0 Å². The lowest BCUT2D eigenvalue weighted by Gasteiger charge is -2.38. The minimum Gasteiger partial charge on any atom is -0.507 e. The maximum atomic E-state index is 14.4. The third-order valence-corrected chi connectivity index (χ3v) is 11.4. The molecule has 0 radical (unpaired) electrons. The summed E-state index contributed by atoms with van der Waals surface area (Å²) < 4.78 is 23.5. The Hall–Kier alpha value is -5.45. The number of nitrogens with zero attached hydrogens (tertiary/aromatic N) is 3. The molecule has 0 spiro atoms. The van der Waals surface area contributed by atoms with Crippen molar-refractivity contribution in [2.75, 3.05) is 26.0 Å². The summed E-state index contributed by atoms with van der Waals surface area (Å²) in [5.41, 5.74) is -0.594. The summed E-state index contributed by atoms with van der Waals surface area (Å²) in [6.45, 7) is 15.2. The normalized spacial score (nSPS) is 29.9. The molecule has 60 heavy (non-hydrogen) atoms. The van der Waals surface area contributed by atoms with Gasteiger partial charge in [0.15, 0.2) is 5.75 Å². The number of hydrogen-bond acceptors (Lipinski definition) is 14. The SMILES string of the molecule is CCCCN(C)/C=N/N=C/c1c2c(O)c3c(O)c(C)c4c(c3c1O)C(=O)[C@@](C)(O/C=C/[C@H](OC)[C@@H](C)[C@@H](OC(C)=O)[C@@H](C)[C@@H](O)[C@H](C)[C@@H](O)[C@H](C)/C=C/C=C(/C)C(=O)N2)O4. The molecular weight excluding hydrogens is 776 g/mol. The van der Waals surface area contributed by atoms with Gasteiger partial charge in [-0.2, -0.15) is 5.10 Å². The number of fused-ring (bicyclic) bond motifs is 14. The first kappa shape index (κ1) is 47.2. The van der Waals surface area contributed by atoms with Crippen LogP contribution in [0.4, 0.5) is 5.69 Å². The van der Waals surface area contributed by atoms with Crippen LogP contribution in [0.3, 0.4) is 0 Å². The van der Waals surface area contributed by atoms with E-state index in [1.54, 1.807) is 39.8 Å². The minimum absolute atomic E-state index is 0.0349. The molecule has 3 aliphatic rings. The van der Waals surface area contributed by atoms with E-state index in [0.29, 0.717) is 6.54 Å². The van der Waals surface area contributed by atoms with E-state index < -0.39 is 88.8 Å². The van der Waals surface area contributed by atoms with Gasteiger partial charge < -0.3 is 54.7 Å². The molecule has 6 N–H and O–H groups in total. The molecule has 2 aromatic carbocycles. The number of allylic oxidation sites excluding steroid dienone is 2. The molecule has 0 saturated heterocycles. The number of methoxy groups -OCH3 is 1. The Labute approximate surface area is 350 Å². The number of amides is 1. The van der Waals surface area contributed by atoms with E-state index in [1.807, 2.05) is 11.9 Å². The summed E-state index contributed by atoms with van der Waals surface area (Å²) in [6, 6.07) is 0. The Kier molecular flexibility index (Phi) is 15.5. The third kappa shape index (κ3) is 9.77. The smallest absolute Gasteiger partial charge is 0.312 e. The average molecular weight is 837 g/mol. The zero-order chi connectivity index (χ0) is 44.8. The number of carbonyl (C=O) groups is 3. The minimum atomic E-state index is -2.06. The van der Waals surface area contributed by atoms with Gasteiger partial charge in [-0.1, -0.05) is 59.3 Å². The largest absolute Gasteiger partial charge is 0.507 e. The standard InChI is InChI=1S/C44H60N4O12/c1-12-13-18-48(10)21-46-45-20-29-34-39(54)32-31(38(29)53)33-41(27(7)37(32)52)60-44(9,42(33)55)58-19-17-30(57-11)24(4)40(59-28(8)49)26(6)36(51)25(5)35(50)22(2)15-14-16-23(3)43(56)47-34/h14-17,19-22,24-26,30,35-36,40,50-54H,12-13,18H2,1-11H3,(H,47,56)/b15-14+,19-17+,23-16-,45-20+,46-21+/t22-,24-,25-,26+,30+,35+,36+,40-,44+/m1/s1. The second-order valence-electron chi connectivity index (χ2n) is 15.9. The van der Waals surface area contributed by atoms with Crippen LogP contribution in [0, 0.1) is 30.6 Å². The van der Waals surface area contributed by atoms with Crippen LogP contribution < -0.4 is 10.1 Å². The Morgan fingerprint density at radius 1 is 0.983 bits per heavy atom. The highest BCUT2D eigenvalue weighted by atomic mass is 16.7. The zero-order valence-electron chi connectivity index (χ0n) is 36.2. The number of anilines is 1. The summed E-state index contributed by atoms with van der Waals surface area (Å²) in [6.07, 6.45) is 7.91. The van der Waals surface area contributed by atoms with Gasteiger partial charge in [0, 0.05) is 74.7 Å². The van der Waals surface area contributed by atoms with Crippen LogP contribution in [0.5, 0.6) is 23.0 Å². The van der Waals surface area contributed by atoms with Crippen molar-refractivity contribution < 1.29 is 58.9 Å². The Morgan fingerprint density at radius 2 is 1.67 bits per heavy atom. The molecule has 5 rings (SSSR count).